The number of primary sulfonamides is 1. The second kappa shape index (κ2) is 4.31. The first-order chi connectivity index (χ1) is 6.38. The standard InChI is InChI=1S/C8H7Cl2NO2S/c9-7-2-1-6(8(10)5-7)3-4-14(11,12)13/h1-5H,(H2,11,12,13)/b4-3+. The fraction of sp³-hybridized carbons (Fsp3) is 0. The Bertz CT molecular complexity index is 468. The van der Waals surface area contributed by atoms with Crippen LogP contribution in [0.4, 0.5) is 0 Å². The Morgan fingerprint density at radius 3 is 2.43 bits per heavy atom. The van der Waals surface area contributed by atoms with Gasteiger partial charge in [0.2, 0.25) is 10.0 Å². The summed E-state index contributed by atoms with van der Waals surface area (Å²) >= 11 is 11.4. The van der Waals surface area contributed by atoms with E-state index in [2.05, 4.69) is 0 Å². The van der Waals surface area contributed by atoms with Crippen LogP contribution in [-0.2, 0) is 10.0 Å². The molecule has 6 heteroatoms. The van der Waals surface area contributed by atoms with Gasteiger partial charge in [0.05, 0.1) is 0 Å². The first-order valence-corrected chi connectivity index (χ1v) is 5.91. The number of rotatable bonds is 2. The summed E-state index contributed by atoms with van der Waals surface area (Å²) in [5.41, 5.74) is 0.546. The van der Waals surface area contributed by atoms with Gasteiger partial charge in [-0.3, -0.25) is 0 Å². The lowest BCUT2D eigenvalue weighted by molar-refractivity contribution is 0.606. The molecule has 0 saturated heterocycles. The van der Waals surface area contributed by atoms with Crippen LogP contribution < -0.4 is 5.14 Å². The second-order valence-corrected chi connectivity index (χ2v) is 4.85. The lowest BCUT2D eigenvalue weighted by Crippen LogP contribution is -2.06. The molecule has 0 saturated carbocycles. The normalized spacial score (nSPS) is 12.2. The minimum Gasteiger partial charge on any atom is -0.225 e. The zero-order chi connectivity index (χ0) is 10.8. The Kier molecular flexibility index (Phi) is 3.55. The fourth-order valence-corrected chi connectivity index (χ4v) is 1.61. The van der Waals surface area contributed by atoms with Crippen LogP contribution in [0, 0.1) is 0 Å². The van der Waals surface area contributed by atoms with Crippen molar-refractivity contribution in [2.75, 3.05) is 0 Å². The van der Waals surface area contributed by atoms with E-state index < -0.39 is 10.0 Å². The maximum atomic E-state index is 10.6. The molecule has 0 fully saturated rings. The molecule has 0 spiro atoms. The van der Waals surface area contributed by atoms with Gasteiger partial charge < -0.3 is 0 Å². The van der Waals surface area contributed by atoms with Gasteiger partial charge in [-0.25, -0.2) is 13.6 Å². The summed E-state index contributed by atoms with van der Waals surface area (Å²) in [4.78, 5) is 0. The van der Waals surface area contributed by atoms with E-state index in [1.807, 2.05) is 0 Å². The highest BCUT2D eigenvalue weighted by Crippen LogP contribution is 2.21. The van der Waals surface area contributed by atoms with Crippen molar-refractivity contribution >= 4 is 39.3 Å². The second-order valence-electron chi connectivity index (χ2n) is 2.56. The molecule has 0 atom stereocenters. The van der Waals surface area contributed by atoms with Crippen LogP contribution in [0.2, 0.25) is 10.0 Å². The topological polar surface area (TPSA) is 60.2 Å². The number of benzene rings is 1. The Hall–Kier alpha value is -0.550. The monoisotopic (exact) mass is 251 g/mol. The van der Waals surface area contributed by atoms with Crippen molar-refractivity contribution in [3.63, 3.8) is 0 Å². The maximum Gasteiger partial charge on any atom is 0.231 e. The third-order valence-electron chi connectivity index (χ3n) is 1.40. The van der Waals surface area contributed by atoms with Crippen LogP contribution in [0.25, 0.3) is 6.08 Å². The third-order valence-corrected chi connectivity index (χ3v) is 2.48. The molecule has 0 aromatic heterocycles. The van der Waals surface area contributed by atoms with E-state index in [-0.39, 0.29) is 0 Å². The van der Waals surface area contributed by atoms with Crippen LogP contribution in [0.15, 0.2) is 23.6 Å². The van der Waals surface area contributed by atoms with Crippen molar-refractivity contribution in [3.05, 3.63) is 39.2 Å². The summed E-state index contributed by atoms with van der Waals surface area (Å²) in [5, 5.41) is 6.52. The Balaban J connectivity index is 3.05. The molecule has 0 aliphatic rings. The van der Waals surface area contributed by atoms with Gasteiger partial charge in [0.25, 0.3) is 0 Å². The highest BCUT2D eigenvalue weighted by atomic mass is 35.5. The quantitative estimate of drug-likeness (QED) is 0.877. The van der Waals surface area contributed by atoms with Gasteiger partial charge in [-0.05, 0) is 23.8 Å². The van der Waals surface area contributed by atoms with Gasteiger partial charge >= 0.3 is 0 Å². The summed E-state index contributed by atoms with van der Waals surface area (Å²) in [5.74, 6) is 0. The van der Waals surface area contributed by atoms with E-state index in [4.69, 9.17) is 28.3 Å². The van der Waals surface area contributed by atoms with E-state index in [1.165, 1.54) is 12.1 Å². The molecule has 2 N–H and O–H groups in total. The predicted octanol–water partition coefficient (Wildman–Crippen LogP) is 2.25. The SMILES string of the molecule is NS(=O)(=O)/C=C/c1ccc(Cl)cc1Cl. The lowest BCUT2D eigenvalue weighted by atomic mass is 10.2. The summed E-state index contributed by atoms with van der Waals surface area (Å²) < 4.78 is 21.2. The van der Waals surface area contributed by atoms with Crippen LogP contribution in [-0.4, -0.2) is 8.42 Å². The molecule has 76 valence electrons. The molecule has 0 aliphatic heterocycles. The first kappa shape index (κ1) is 11.5. The number of halogens is 2. The minimum absolute atomic E-state index is 0.373. The lowest BCUT2D eigenvalue weighted by Gasteiger charge is -1.97. The van der Waals surface area contributed by atoms with E-state index in [0.29, 0.717) is 15.6 Å². The molecule has 0 bridgehead atoms. The van der Waals surface area contributed by atoms with Gasteiger partial charge in [-0.15, -0.1) is 0 Å². The van der Waals surface area contributed by atoms with E-state index in [1.54, 1.807) is 12.1 Å². The highest BCUT2D eigenvalue weighted by Gasteiger charge is 1.99. The van der Waals surface area contributed by atoms with Crippen LogP contribution in [0.1, 0.15) is 5.56 Å². The van der Waals surface area contributed by atoms with E-state index >= 15 is 0 Å². The Morgan fingerprint density at radius 2 is 1.93 bits per heavy atom. The molecular formula is C8H7Cl2NO2S. The van der Waals surface area contributed by atoms with Crippen molar-refractivity contribution in [2.45, 2.75) is 0 Å². The van der Waals surface area contributed by atoms with Crippen LogP contribution in [0.3, 0.4) is 0 Å². The van der Waals surface area contributed by atoms with Crippen molar-refractivity contribution < 1.29 is 8.42 Å². The van der Waals surface area contributed by atoms with Crippen molar-refractivity contribution in [1.82, 2.24) is 0 Å². The smallest absolute Gasteiger partial charge is 0.225 e. The summed E-state index contributed by atoms with van der Waals surface area (Å²) in [6.45, 7) is 0. The zero-order valence-electron chi connectivity index (χ0n) is 6.94. The largest absolute Gasteiger partial charge is 0.231 e. The number of hydrogen-bond donors (Lipinski definition) is 1. The molecular weight excluding hydrogens is 245 g/mol. The van der Waals surface area contributed by atoms with Crippen molar-refractivity contribution in [2.24, 2.45) is 5.14 Å². The highest BCUT2D eigenvalue weighted by molar-refractivity contribution is 7.92. The molecule has 0 radical (unpaired) electrons. The number of sulfonamides is 1. The first-order valence-electron chi connectivity index (χ1n) is 3.54. The number of hydrogen-bond acceptors (Lipinski definition) is 2. The van der Waals surface area contributed by atoms with Gasteiger partial charge in [0.1, 0.15) is 0 Å². The number of nitrogens with two attached hydrogens (primary N) is 1. The maximum absolute atomic E-state index is 10.6. The zero-order valence-corrected chi connectivity index (χ0v) is 9.27. The third kappa shape index (κ3) is 3.67. The van der Waals surface area contributed by atoms with E-state index in [0.717, 1.165) is 5.41 Å². The summed E-state index contributed by atoms with van der Waals surface area (Å²) in [6.07, 6.45) is 1.31. The van der Waals surface area contributed by atoms with Gasteiger partial charge in [-0.1, -0.05) is 29.3 Å². The average molecular weight is 252 g/mol. The molecule has 3 nitrogen and oxygen atoms in total. The Morgan fingerprint density at radius 1 is 1.29 bits per heavy atom. The molecule has 1 aromatic carbocycles. The van der Waals surface area contributed by atoms with Crippen LogP contribution >= 0.6 is 23.2 Å². The molecule has 14 heavy (non-hydrogen) atoms. The molecule has 1 aromatic rings. The summed E-state index contributed by atoms with van der Waals surface area (Å²) in [6, 6.07) is 4.73. The van der Waals surface area contributed by atoms with Gasteiger partial charge in [0, 0.05) is 15.5 Å². The molecule has 0 amide bonds. The molecule has 1 rings (SSSR count). The minimum atomic E-state index is -3.62. The summed E-state index contributed by atoms with van der Waals surface area (Å²) in [7, 11) is -3.62. The molecule has 0 heterocycles. The predicted molar refractivity (Wildman–Crippen MR) is 58.6 cm³/mol. The van der Waals surface area contributed by atoms with Crippen molar-refractivity contribution in [3.8, 4) is 0 Å². The molecule has 0 unspecified atom stereocenters. The van der Waals surface area contributed by atoms with E-state index in [9.17, 15) is 8.42 Å². The van der Waals surface area contributed by atoms with Gasteiger partial charge in [0.15, 0.2) is 0 Å². The fourth-order valence-electron chi connectivity index (χ4n) is 0.805. The molecule has 0 aliphatic carbocycles. The Labute approximate surface area is 92.2 Å². The van der Waals surface area contributed by atoms with Crippen LogP contribution in [0.5, 0.6) is 0 Å². The average Bonchev–Trinajstić information content (AvgIpc) is 2.00. The van der Waals surface area contributed by atoms with Gasteiger partial charge in [-0.2, -0.15) is 0 Å². The van der Waals surface area contributed by atoms with Crippen molar-refractivity contribution in [1.29, 1.82) is 0 Å².